The highest BCUT2D eigenvalue weighted by Gasteiger charge is 2.18. The zero-order valence-corrected chi connectivity index (χ0v) is 20.1. The van der Waals surface area contributed by atoms with Crippen LogP contribution in [-0.2, 0) is 20.9 Å². The van der Waals surface area contributed by atoms with Crippen LogP contribution in [-0.4, -0.2) is 19.7 Å². The van der Waals surface area contributed by atoms with Gasteiger partial charge in [0.1, 0.15) is 23.0 Å². The Morgan fingerprint density at radius 1 is 0.618 bits per heavy atom. The Balaban J connectivity index is 1.45. The Morgan fingerprint density at radius 3 is 1.59 bits per heavy atom. The van der Waals surface area contributed by atoms with Gasteiger partial charge in [0.2, 0.25) is 20.9 Å². The molecule has 4 rings (SSSR count). The van der Waals surface area contributed by atoms with E-state index in [0.717, 1.165) is 5.56 Å². The van der Waals surface area contributed by atoms with Crippen LogP contribution in [0.3, 0.4) is 0 Å². The molecule has 0 amide bonds. The fourth-order valence-corrected chi connectivity index (χ4v) is 5.06. The highest BCUT2D eigenvalue weighted by molar-refractivity contribution is 7.91. The molecule has 0 radical (unpaired) electrons. The summed E-state index contributed by atoms with van der Waals surface area (Å²) in [6, 6.07) is 26.2. The fraction of sp³-hybridized carbons (Fsp3) is 0.0769. The van der Waals surface area contributed by atoms with E-state index in [1.807, 2.05) is 19.1 Å². The van der Waals surface area contributed by atoms with Gasteiger partial charge in [0.15, 0.2) is 0 Å². The summed E-state index contributed by atoms with van der Waals surface area (Å²) in [7, 11) is -2.17. The molecular formula is C26H22O6S2. The first-order valence-corrected chi connectivity index (χ1v) is 12.8. The molecule has 0 heterocycles. The van der Waals surface area contributed by atoms with E-state index in [1.165, 1.54) is 36.4 Å². The molecular weight excluding hydrogens is 472 g/mol. The average molecular weight is 495 g/mol. The Bertz CT molecular complexity index is 1380. The van der Waals surface area contributed by atoms with Gasteiger partial charge in [0.25, 0.3) is 0 Å². The van der Waals surface area contributed by atoms with Crippen LogP contribution in [0, 0.1) is 6.92 Å². The second-order valence-electron chi connectivity index (χ2n) is 7.35. The van der Waals surface area contributed by atoms with E-state index >= 15 is 0 Å². The maximum atomic E-state index is 13.0. The first-order valence-electron chi connectivity index (χ1n) is 10.3. The molecule has 0 aliphatic heterocycles. The lowest BCUT2D eigenvalue weighted by atomic mass is 10.2. The van der Waals surface area contributed by atoms with Crippen molar-refractivity contribution in [2.24, 2.45) is 0 Å². The molecule has 4 aromatic rings. The van der Waals surface area contributed by atoms with Gasteiger partial charge >= 0.3 is 0 Å². The van der Waals surface area contributed by atoms with Crippen molar-refractivity contribution in [2.75, 3.05) is 7.11 Å². The quantitative estimate of drug-likeness (QED) is 0.311. The summed E-state index contributed by atoms with van der Waals surface area (Å²) >= 11 is -1.76. The van der Waals surface area contributed by atoms with Gasteiger partial charge in [-0.15, -0.1) is 0 Å². The minimum Gasteiger partial charge on any atom is -0.497 e. The zero-order chi connectivity index (χ0) is 24.1. The summed E-state index contributed by atoms with van der Waals surface area (Å²) in [5.74, 6) is 2.29. The molecule has 1 atom stereocenters. The van der Waals surface area contributed by atoms with Crippen molar-refractivity contribution in [1.29, 1.82) is 0 Å². The highest BCUT2D eigenvalue weighted by atomic mass is 32.2. The number of hydrogen-bond donors (Lipinski definition) is 0. The second-order valence-corrected chi connectivity index (χ2v) is 10.4. The second kappa shape index (κ2) is 10.1. The summed E-state index contributed by atoms with van der Waals surface area (Å²) < 4.78 is 54.8. The molecule has 0 saturated heterocycles. The van der Waals surface area contributed by atoms with Crippen LogP contribution in [0.15, 0.2) is 112 Å². The Morgan fingerprint density at radius 2 is 1.06 bits per heavy atom. The molecule has 1 unspecified atom stereocenters. The topological polar surface area (TPSA) is 78.9 Å². The number of rotatable bonds is 8. The molecule has 4 aromatic carbocycles. The standard InChI is InChI=1S/C26H22O6S2/c1-19-3-5-23(6-4-19)32-33(27)24-13-17-26(18-14-24)34(28,29)25-15-11-22(12-16-25)31-21-9-7-20(30-2)8-10-21/h3-18H,1-2H3. The van der Waals surface area contributed by atoms with E-state index in [2.05, 4.69) is 0 Å². The molecule has 0 aliphatic carbocycles. The first-order chi connectivity index (χ1) is 16.3. The van der Waals surface area contributed by atoms with E-state index in [4.69, 9.17) is 13.7 Å². The molecule has 0 spiro atoms. The molecule has 0 saturated carbocycles. The van der Waals surface area contributed by atoms with E-state index in [-0.39, 0.29) is 9.79 Å². The number of aryl methyl sites for hydroxylation is 1. The lowest BCUT2D eigenvalue weighted by Gasteiger charge is -2.09. The predicted octanol–water partition coefficient (Wildman–Crippen LogP) is 5.73. The highest BCUT2D eigenvalue weighted by Crippen LogP contribution is 2.28. The van der Waals surface area contributed by atoms with Crippen LogP contribution in [0.25, 0.3) is 0 Å². The molecule has 8 heteroatoms. The van der Waals surface area contributed by atoms with Gasteiger partial charge in [-0.3, -0.25) is 0 Å². The largest absolute Gasteiger partial charge is 0.497 e. The van der Waals surface area contributed by atoms with Crippen LogP contribution in [0.1, 0.15) is 5.56 Å². The van der Waals surface area contributed by atoms with Gasteiger partial charge in [-0.2, -0.15) is 0 Å². The molecule has 34 heavy (non-hydrogen) atoms. The number of methoxy groups -OCH3 is 1. The Labute approximate surface area is 201 Å². The summed E-state index contributed by atoms with van der Waals surface area (Å²) in [5, 5.41) is 0. The van der Waals surface area contributed by atoms with Crippen LogP contribution in [0.2, 0.25) is 0 Å². The number of sulfone groups is 1. The van der Waals surface area contributed by atoms with Gasteiger partial charge in [0, 0.05) is 0 Å². The van der Waals surface area contributed by atoms with Crippen molar-refractivity contribution < 1.29 is 26.3 Å². The van der Waals surface area contributed by atoms with Crippen molar-refractivity contribution in [2.45, 2.75) is 21.6 Å². The monoisotopic (exact) mass is 494 g/mol. The minimum atomic E-state index is -3.76. The lowest BCUT2D eigenvalue weighted by molar-refractivity contribution is 0.413. The molecule has 6 nitrogen and oxygen atoms in total. The Kier molecular flexibility index (Phi) is 7.00. The summed E-state index contributed by atoms with van der Waals surface area (Å²) in [5.41, 5.74) is 1.06. The first kappa shape index (κ1) is 23.5. The Hall–Kier alpha value is -3.62. The third kappa shape index (κ3) is 5.47. The van der Waals surface area contributed by atoms with Gasteiger partial charge < -0.3 is 13.7 Å². The fourth-order valence-electron chi connectivity index (χ4n) is 3.06. The van der Waals surface area contributed by atoms with E-state index in [1.54, 1.807) is 55.6 Å². The van der Waals surface area contributed by atoms with Crippen LogP contribution in [0.5, 0.6) is 23.0 Å². The molecule has 0 N–H and O–H groups in total. The van der Waals surface area contributed by atoms with Gasteiger partial charge in [-0.1, -0.05) is 17.7 Å². The summed E-state index contributed by atoms with van der Waals surface area (Å²) in [6.45, 7) is 1.95. The number of ether oxygens (including phenoxy) is 2. The average Bonchev–Trinajstić information content (AvgIpc) is 2.86. The molecule has 174 valence electrons. The van der Waals surface area contributed by atoms with E-state index < -0.39 is 20.9 Å². The maximum Gasteiger partial charge on any atom is 0.240 e. The molecule has 0 bridgehead atoms. The van der Waals surface area contributed by atoms with Crippen molar-refractivity contribution in [3.8, 4) is 23.0 Å². The summed E-state index contributed by atoms with van der Waals surface area (Å²) in [6.07, 6.45) is 0. The SMILES string of the molecule is COc1ccc(Oc2ccc(S(=O)(=O)c3ccc(S(=O)Oc4ccc(C)cc4)cc3)cc2)cc1. The van der Waals surface area contributed by atoms with Crippen molar-refractivity contribution in [3.63, 3.8) is 0 Å². The molecule has 0 aliphatic rings. The normalized spacial score (nSPS) is 12.1. The van der Waals surface area contributed by atoms with E-state index in [0.29, 0.717) is 27.9 Å². The van der Waals surface area contributed by atoms with Crippen LogP contribution >= 0.6 is 0 Å². The van der Waals surface area contributed by atoms with Crippen LogP contribution < -0.4 is 13.7 Å². The van der Waals surface area contributed by atoms with E-state index in [9.17, 15) is 12.6 Å². The lowest BCUT2D eigenvalue weighted by Crippen LogP contribution is -2.04. The number of benzene rings is 4. The van der Waals surface area contributed by atoms with Gasteiger partial charge in [-0.05, 0) is 91.9 Å². The van der Waals surface area contributed by atoms with Crippen molar-refractivity contribution >= 4 is 20.9 Å². The van der Waals surface area contributed by atoms with Crippen molar-refractivity contribution in [3.05, 3.63) is 103 Å². The smallest absolute Gasteiger partial charge is 0.240 e. The number of hydrogen-bond acceptors (Lipinski definition) is 6. The zero-order valence-electron chi connectivity index (χ0n) is 18.5. The van der Waals surface area contributed by atoms with Gasteiger partial charge in [-0.25, -0.2) is 12.6 Å². The van der Waals surface area contributed by atoms with Crippen molar-refractivity contribution in [1.82, 2.24) is 0 Å². The predicted molar refractivity (Wildman–Crippen MR) is 130 cm³/mol. The third-order valence-corrected chi connectivity index (χ3v) is 7.73. The molecule has 0 aromatic heterocycles. The van der Waals surface area contributed by atoms with Gasteiger partial charge in [0.05, 0.1) is 21.8 Å². The third-order valence-electron chi connectivity index (χ3n) is 4.95. The minimum absolute atomic E-state index is 0.0902. The molecule has 0 fully saturated rings. The van der Waals surface area contributed by atoms with Crippen LogP contribution in [0.4, 0.5) is 0 Å². The maximum absolute atomic E-state index is 13.0. The summed E-state index contributed by atoms with van der Waals surface area (Å²) in [4.78, 5) is 0.578.